The molecule has 1 aromatic rings. The summed E-state index contributed by atoms with van der Waals surface area (Å²) in [4.78, 5) is 14.5. The maximum Gasteiger partial charge on any atom is 0.254 e. The van der Waals surface area contributed by atoms with Crippen LogP contribution >= 0.6 is 11.8 Å². The highest BCUT2D eigenvalue weighted by Gasteiger charge is 2.30. The van der Waals surface area contributed by atoms with Gasteiger partial charge in [-0.3, -0.25) is 4.79 Å². The van der Waals surface area contributed by atoms with Crippen molar-refractivity contribution in [1.82, 2.24) is 4.90 Å². The second-order valence-corrected chi connectivity index (χ2v) is 8.88. The summed E-state index contributed by atoms with van der Waals surface area (Å²) in [6, 6.07) is 4.44. The van der Waals surface area contributed by atoms with Crippen LogP contribution < -0.4 is 5.73 Å². The Bertz CT molecular complexity index is 658. The number of sulfone groups is 1. The predicted molar refractivity (Wildman–Crippen MR) is 86.4 cm³/mol. The van der Waals surface area contributed by atoms with Gasteiger partial charge in [-0.05, 0) is 25.1 Å². The first-order chi connectivity index (χ1) is 9.70. The van der Waals surface area contributed by atoms with E-state index < -0.39 is 9.84 Å². The largest absolute Gasteiger partial charge is 0.399 e. The van der Waals surface area contributed by atoms with E-state index in [1.54, 1.807) is 4.90 Å². The van der Waals surface area contributed by atoms with Gasteiger partial charge < -0.3 is 10.6 Å². The van der Waals surface area contributed by atoms with Crippen molar-refractivity contribution in [3.8, 4) is 0 Å². The summed E-state index contributed by atoms with van der Waals surface area (Å²) in [5, 5.41) is 0.359. The number of carbonyl (C=O) groups is 1. The van der Waals surface area contributed by atoms with Crippen molar-refractivity contribution >= 4 is 33.2 Å². The van der Waals surface area contributed by atoms with Crippen LogP contribution in [0.4, 0.5) is 5.69 Å². The second kappa shape index (κ2) is 5.88. The fraction of sp³-hybridized carbons (Fsp3) is 0.500. The topological polar surface area (TPSA) is 80.5 Å². The van der Waals surface area contributed by atoms with Crippen LogP contribution in [0.1, 0.15) is 24.2 Å². The van der Waals surface area contributed by atoms with Gasteiger partial charge in [-0.25, -0.2) is 8.42 Å². The lowest BCUT2D eigenvalue weighted by molar-refractivity contribution is 0.0698. The molecule has 5 nitrogen and oxygen atoms in total. The van der Waals surface area contributed by atoms with Crippen molar-refractivity contribution in [2.45, 2.75) is 30.0 Å². The fourth-order valence-corrected chi connectivity index (χ4v) is 4.14. The number of thioether (sulfide) groups is 1. The number of anilines is 1. The Morgan fingerprint density at radius 2 is 2.00 bits per heavy atom. The number of amides is 1. The number of carbonyl (C=O) groups excluding carboxylic acids is 1. The lowest BCUT2D eigenvalue weighted by Gasteiger charge is -2.37. The van der Waals surface area contributed by atoms with E-state index in [2.05, 4.69) is 6.92 Å². The minimum atomic E-state index is -3.39. The molecule has 7 heteroatoms. The Kier molecular flexibility index (Phi) is 4.53. The van der Waals surface area contributed by atoms with Crippen LogP contribution in [0.15, 0.2) is 23.1 Å². The molecule has 2 unspecified atom stereocenters. The van der Waals surface area contributed by atoms with Crippen molar-refractivity contribution in [3.63, 3.8) is 0 Å². The normalized spacial score (nSPS) is 23.1. The standard InChI is InChI=1S/C14H20N2O3S2/c1-9-10(2)20-5-4-16(9)14(17)11-6-12(15)8-13(7-11)21(3,18)19/h6-10H,4-5,15H2,1-3H3. The molecule has 1 amide bonds. The van der Waals surface area contributed by atoms with Crippen LogP contribution in [0.5, 0.6) is 0 Å². The first-order valence-electron chi connectivity index (χ1n) is 6.73. The van der Waals surface area contributed by atoms with Crippen molar-refractivity contribution in [2.24, 2.45) is 0 Å². The van der Waals surface area contributed by atoms with Gasteiger partial charge in [0, 0.05) is 41.1 Å². The maximum atomic E-state index is 12.7. The summed E-state index contributed by atoms with van der Waals surface area (Å²) in [5.74, 6) is 0.727. The van der Waals surface area contributed by atoms with E-state index in [4.69, 9.17) is 5.73 Å². The van der Waals surface area contributed by atoms with Gasteiger partial charge in [0.05, 0.1) is 4.90 Å². The third-order valence-corrected chi connectivity index (χ3v) is 6.18. The molecule has 0 aliphatic carbocycles. The summed E-state index contributed by atoms with van der Waals surface area (Å²) in [6.45, 7) is 4.77. The van der Waals surface area contributed by atoms with E-state index in [0.29, 0.717) is 17.4 Å². The highest BCUT2D eigenvalue weighted by molar-refractivity contribution is 8.00. The Balaban J connectivity index is 2.37. The fourth-order valence-electron chi connectivity index (χ4n) is 2.35. The van der Waals surface area contributed by atoms with Gasteiger partial charge in [0.15, 0.2) is 9.84 Å². The summed E-state index contributed by atoms with van der Waals surface area (Å²) < 4.78 is 23.3. The van der Waals surface area contributed by atoms with E-state index in [1.165, 1.54) is 18.2 Å². The van der Waals surface area contributed by atoms with Gasteiger partial charge in [0.1, 0.15) is 0 Å². The summed E-state index contributed by atoms with van der Waals surface area (Å²) in [6.07, 6.45) is 1.11. The molecule has 2 N–H and O–H groups in total. The highest BCUT2D eigenvalue weighted by atomic mass is 32.2. The van der Waals surface area contributed by atoms with Crippen LogP contribution in [-0.2, 0) is 9.84 Å². The molecule has 1 aliphatic rings. The Morgan fingerprint density at radius 3 is 2.62 bits per heavy atom. The summed E-state index contributed by atoms with van der Waals surface area (Å²) >= 11 is 1.84. The van der Waals surface area contributed by atoms with Crippen LogP contribution in [-0.4, -0.2) is 49.1 Å². The zero-order valence-electron chi connectivity index (χ0n) is 12.4. The van der Waals surface area contributed by atoms with Crippen molar-refractivity contribution in [2.75, 3.05) is 24.3 Å². The molecule has 1 aromatic carbocycles. The first-order valence-corrected chi connectivity index (χ1v) is 9.67. The van der Waals surface area contributed by atoms with Crippen LogP contribution in [0.2, 0.25) is 0 Å². The van der Waals surface area contributed by atoms with E-state index >= 15 is 0 Å². The van der Waals surface area contributed by atoms with Gasteiger partial charge >= 0.3 is 0 Å². The molecular weight excluding hydrogens is 308 g/mol. The SMILES string of the molecule is CC1SCCN(C(=O)c2cc(N)cc(S(C)(=O)=O)c2)C1C. The molecule has 2 rings (SSSR count). The van der Waals surface area contributed by atoms with Crippen molar-refractivity contribution in [3.05, 3.63) is 23.8 Å². The average molecular weight is 328 g/mol. The molecular formula is C14H20N2O3S2. The minimum Gasteiger partial charge on any atom is -0.399 e. The number of nitrogens with zero attached hydrogens (tertiary/aromatic N) is 1. The van der Waals surface area contributed by atoms with Gasteiger partial charge in [0.2, 0.25) is 0 Å². The lowest BCUT2D eigenvalue weighted by Crippen LogP contribution is -2.48. The molecule has 1 fully saturated rings. The third kappa shape index (κ3) is 3.52. The predicted octanol–water partition coefficient (Wildman–Crippen LogP) is 1.64. The lowest BCUT2D eigenvalue weighted by atomic mass is 10.1. The van der Waals surface area contributed by atoms with Gasteiger partial charge in [-0.15, -0.1) is 0 Å². The van der Waals surface area contributed by atoms with Gasteiger partial charge in [-0.1, -0.05) is 6.92 Å². The number of rotatable bonds is 2. The molecule has 21 heavy (non-hydrogen) atoms. The van der Waals surface area contributed by atoms with Gasteiger partial charge in [-0.2, -0.15) is 11.8 Å². The number of nitrogens with two attached hydrogens (primary N) is 1. The quantitative estimate of drug-likeness (QED) is 0.835. The minimum absolute atomic E-state index is 0.0814. The zero-order chi connectivity index (χ0) is 15.8. The van der Waals surface area contributed by atoms with Crippen molar-refractivity contribution < 1.29 is 13.2 Å². The molecule has 1 saturated heterocycles. The summed E-state index contributed by atoms with van der Waals surface area (Å²) in [7, 11) is -3.39. The van der Waals surface area contributed by atoms with E-state index in [0.717, 1.165) is 12.0 Å². The van der Waals surface area contributed by atoms with Crippen LogP contribution in [0.3, 0.4) is 0 Å². The highest BCUT2D eigenvalue weighted by Crippen LogP contribution is 2.26. The van der Waals surface area contributed by atoms with Crippen molar-refractivity contribution in [1.29, 1.82) is 0 Å². The van der Waals surface area contributed by atoms with E-state index in [-0.39, 0.29) is 22.5 Å². The molecule has 1 heterocycles. The molecule has 0 radical (unpaired) electrons. The number of hydrogen-bond donors (Lipinski definition) is 1. The van der Waals surface area contributed by atoms with Gasteiger partial charge in [0.25, 0.3) is 5.91 Å². The monoisotopic (exact) mass is 328 g/mol. The Labute approximate surface area is 129 Å². The molecule has 0 bridgehead atoms. The molecule has 0 spiro atoms. The maximum absolute atomic E-state index is 12.7. The molecule has 116 valence electrons. The van der Waals surface area contributed by atoms with Crippen LogP contribution in [0.25, 0.3) is 0 Å². The number of nitrogen functional groups attached to an aromatic ring is 1. The summed E-state index contributed by atoms with van der Waals surface area (Å²) in [5.41, 5.74) is 6.37. The van der Waals surface area contributed by atoms with E-state index in [9.17, 15) is 13.2 Å². The molecule has 1 aliphatic heterocycles. The average Bonchev–Trinajstić information content (AvgIpc) is 2.39. The number of hydrogen-bond acceptors (Lipinski definition) is 5. The molecule has 2 atom stereocenters. The smallest absolute Gasteiger partial charge is 0.254 e. The Hall–Kier alpha value is -1.21. The Morgan fingerprint density at radius 1 is 1.33 bits per heavy atom. The first kappa shape index (κ1) is 16.2. The van der Waals surface area contributed by atoms with E-state index in [1.807, 2.05) is 18.7 Å². The zero-order valence-corrected chi connectivity index (χ0v) is 14.0. The molecule has 0 aromatic heterocycles. The van der Waals surface area contributed by atoms with Crippen LogP contribution in [0, 0.1) is 0 Å². The number of benzene rings is 1. The third-order valence-electron chi connectivity index (χ3n) is 3.75. The second-order valence-electron chi connectivity index (χ2n) is 5.38. The molecule has 0 saturated carbocycles.